The molecule has 4 rings (SSSR count). The second-order valence-corrected chi connectivity index (χ2v) is 9.15. The van der Waals surface area contributed by atoms with Gasteiger partial charge in [0.1, 0.15) is 6.33 Å². The first-order chi connectivity index (χ1) is 15.9. The highest BCUT2D eigenvalue weighted by Crippen LogP contribution is 2.22. The van der Waals surface area contributed by atoms with Gasteiger partial charge in [-0.2, -0.15) is 0 Å². The molecule has 2 aromatic carbocycles. The monoisotopic (exact) mass is 464 g/mol. The van der Waals surface area contributed by atoms with E-state index in [1.807, 2.05) is 41.8 Å². The Bertz CT molecular complexity index is 1150. The average molecular weight is 465 g/mol. The van der Waals surface area contributed by atoms with Crippen LogP contribution in [0.5, 0.6) is 0 Å². The summed E-state index contributed by atoms with van der Waals surface area (Å²) in [4.78, 5) is 28.9. The Labute approximate surface area is 198 Å². The van der Waals surface area contributed by atoms with Gasteiger partial charge in [0.15, 0.2) is 5.16 Å². The largest absolute Gasteiger partial charge is 0.338 e. The first-order valence-corrected chi connectivity index (χ1v) is 11.9. The van der Waals surface area contributed by atoms with Gasteiger partial charge in [0.25, 0.3) is 0 Å². The van der Waals surface area contributed by atoms with Gasteiger partial charge in [-0.15, -0.1) is 10.2 Å². The van der Waals surface area contributed by atoms with E-state index in [1.165, 1.54) is 22.9 Å². The van der Waals surface area contributed by atoms with E-state index >= 15 is 0 Å². The molecule has 0 saturated carbocycles. The highest BCUT2D eigenvalue weighted by molar-refractivity contribution is 7.99. The standard InChI is InChI=1S/C24H28N6O2S/c1-17-5-4-6-20(13-17)26-23(32)29-11-9-28(10-12-29)22(31)15-33-24-27-25-16-30(24)21-8-7-18(2)19(3)14-21/h4-8,13-14,16H,9-12,15H2,1-3H3,(H,26,32). The first kappa shape index (κ1) is 22.8. The molecule has 3 amide bonds. The van der Waals surface area contributed by atoms with Crippen LogP contribution in [0.1, 0.15) is 16.7 Å². The maximum Gasteiger partial charge on any atom is 0.321 e. The Hall–Kier alpha value is -3.33. The molecular formula is C24H28N6O2S. The van der Waals surface area contributed by atoms with Crippen molar-refractivity contribution in [1.82, 2.24) is 24.6 Å². The maximum atomic E-state index is 12.8. The normalized spacial score (nSPS) is 13.8. The van der Waals surface area contributed by atoms with Crippen LogP contribution in [0.4, 0.5) is 10.5 Å². The lowest BCUT2D eigenvalue weighted by atomic mass is 10.1. The highest BCUT2D eigenvalue weighted by Gasteiger charge is 2.24. The molecule has 1 fully saturated rings. The molecule has 0 atom stereocenters. The fourth-order valence-electron chi connectivity index (χ4n) is 3.68. The molecule has 1 N–H and O–H groups in total. The van der Waals surface area contributed by atoms with Gasteiger partial charge in [-0.25, -0.2) is 4.79 Å². The van der Waals surface area contributed by atoms with Gasteiger partial charge >= 0.3 is 6.03 Å². The van der Waals surface area contributed by atoms with E-state index in [4.69, 9.17) is 0 Å². The van der Waals surface area contributed by atoms with Gasteiger partial charge in [0.05, 0.1) is 5.75 Å². The quantitative estimate of drug-likeness (QED) is 0.583. The van der Waals surface area contributed by atoms with Crippen LogP contribution in [0.25, 0.3) is 5.69 Å². The summed E-state index contributed by atoms with van der Waals surface area (Å²) in [6.07, 6.45) is 1.67. The van der Waals surface area contributed by atoms with Crippen molar-refractivity contribution in [2.24, 2.45) is 0 Å². The molecule has 1 saturated heterocycles. The number of carbonyl (C=O) groups excluding carboxylic acids is 2. The fourth-order valence-corrected chi connectivity index (χ4v) is 4.51. The zero-order valence-corrected chi connectivity index (χ0v) is 19.9. The third kappa shape index (κ3) is 5.54. The number of benzene rings is 2. The van der Waals surface area contributed by atoms with E-state index in [2.05, 4.69) is 41.5 Å². The molecule has 9 heteroatoms. The van der Waals surface area contributed by atoms with E-state index in [0.717, 1.165) is 16.9 Å². The van der Waals surface area contributed by atoms with Crippen molar-refractivity contribution in [2.75, 3.05) is 37.2 Å². The number of carbonyl (C=O) groups is 2. The number of nitrogens with one attached hydrogen (secondary N) is 1. The number of urea groups is 1. The highest BCUT2D eigenvalue weighted by atomic mass is 32.2. The van der Waals surface area contributed by atoms with E-state index in [9.17, 15) is 9.59 Å². The van der Waals surface area contributed by atoms with Crippen molar-refractivity contribution >= 4 is 29.4 Å². The Morgan fingerprint density at radius 2 is 1.73 bits per heavy atom. The SMILES string of the molecule is Cc1cccc(NC(=O)N2CCN(C(=O)CSc3nncn3-c3ccc(C)c(C)c3)CC2)c1. The van der Waals surface area contributed by atoms with Gasteiger partial charge in [-0.05, 0) is 61.7 Å². The molecule has 172 valence electrons. The summed E-state index contributed by atoms with van der Waals surface area (Å²) in [6, 6.07) is 13.8. The van der Waals surface area contributed by atoms with Crippen molar-refractivity contribution in [2.45, 2.75) is 25.9 Å². The summed E-state index contributed by atoms with van der Waals surface area (Å²) in [5.41, 5.74) is 5.27. The molecule has 33 heavy (non-hydrogen) atoms. The molecule has 1 aliphatic rings. The minimum atomic E-state index is -0.136. The van der Waals surface area contributed by atoms with Gasteiger partial charge in [0, 0.05) is 37.6 Å². The number of nitrogens with zero attached hydrogens (tertiary/aromatic N) is 5. The van der Waals surface area contributed by atoms with Crippen LogP contribution in [0.15, 0.2) is 53.9 Å². The molecule has 0 bridgehead atoms. The number of aryl methyl sites for hydroxylation is 3. The topological polar surface area (TPSA) is 83.4 Å². The second kappa shape index (κ2) is 10.1. The Balaban J connectivity index is 1.28. The third-order valence-electron chi connectivity index (χ3n) is 5.80. The van der Waals surface area contributed by atoms with Gasteiger partial charge < -0.3 is 15.1 Å². The maximum absolute atomic E-state index is 12.8. The number of thioether (sulfide) groups is 1. The zero-order chi connectivity index (χ0) is 23.4. The van der Waals surface area contributed by atoms with Crippen molar-refractivity contribution in [1.29, 1.82) is 0 Å². The Morgan fingerprint density at radius 3 is 2.45 bits per heavy atom. The number of anilines is 1. The summed E-state index contributed by atoms with van der Waals surface area (Å²) in [5, 5.41) is 11.8. The molecule has 3 aromatic rings. The minimum absolute atomic E-state index is 0.0355. The van der Waals surface area contributed by atoms with Crippen LogP contribution in [-0.2, 0) is 4.79 Å². The van der Waals surface area contributed by atoms with Crippen molar-refractivity contribution in [3.63, 3.8) is 0 Å². The molecule has 2 heterocycles. The number of amides is 3. The van der Waals surface area contributed by atoms with Gasteiger partial charge in [0.2, 0.25) is 5.91 Å². The molecule has 0 radical (unpaired) electrons. The lowest BCUT2D eigenvalue weighted by Crippen LogP contribution is -2.52. The lowest BCUT2D eigenvalue weighted by Gasteiger charge is -2.34. The summed E-state index contributed by atoms with van der Waals surface area (Å²) in [7, 11) is 0. The number of aromatic nitrogens is 3. The molecule has 0 spiro atoms. The predicted molar refractivity (Wildman–Crippen MR) is 130 cm³/mol. The zero-order valence-electron chi connectivity index (χ0n) is 19.1. The summed E-state index contributed by atoms with van der Waals surface area (Å²) in [6.45, 7) is 8.18. The summed E-state index contributed by atoms with van der Waals surface area (Å²) >= 11 is 1.38. The van der Waals surface area contributed by atoms with Crippen LogP contribution in [-0.4, -0.2) is 68.4 Å². The van der Waals surface area contributed by atoms with Gasteiger partial charge in [-0.3, -0.25) is 9.36 Å². The van der Waals surface area contributed by atoms with Crippen molar-refractivity contribution in [3.05, 3.63) is 65.5 Å². The van der Waals surface area contributed by atoms with E-state index in [0.29, 0.717) is 31.3 Å². The number of rotatable bonds is 5. The molecule has 8 nitrogen and oxygen atoms in total. The number of hydrogen-bond donors (Lipinski definition) is 1. The average Bonchev–Trinajstić information content (AvgIpc) is 3.28. The lowest BCUT2D eigenvalue weighted by molar-refractivity contribution is -0.129. The minimum Gasteiger partial charge on any atom is -0.338 e. The molecular weight excluding hydrogens is 436 g/mol. The molecule has 0 unspecified atom stereocenters. The molecule has 1 aromatic heterocycles. The first-order valence-electron chi connectivity index (χ1n) is 10.9. The van der Waals surface area contributed by atoms with Gasteiger partial charge in [-0.1, -0.05) is 30.0 Å². The predicted octanol–water partition coefficient (Wildman–Crippen LogP) is 3.66. The van der Waals surface area contributed by atoms with E-state index in [-0.39, 0.29) is 17.7 Å². The van der Waals surface area contributed by atoms with Crippen LogP contribution >= 0.6 is 11.8 Å². The van der Waals surface area contributed by atoms with Crippen LogP contribution in [0.3, 0.4) is 0 Å². The Kier molecular flexibility index (Phi) is 6.98. The van der Waals surface area contributed by atoms with E-state index < -0.39 is 0 Å². The molecule has 0 aliphatic carbocycles. The number of hydrogen-bond acceptors (Lipinski definition) is 5. The van der Waals surface area contributed by atoms with E-state index in [1.54, 1.807) is 16.1 Å². The third-order valence-corrected chi connectivity index (χ3v) is 6.73. The van der Waals surface area contributed by atoms with Crippen molar-refractivity contribution in [3.8, 4) is 5.69 Å². The van der Waals surface area contributed by atoms with Crippen LogP contribution in [0.2, 0.25) is 0 Å². The smallest absolute Gasteiger partial charge is 0.321 e. The number of piperazine rings is 1. The van der Waals surface area contributed by atoms with Crippen LogP contribution < -0.4 is 5.32 Å². The molecule has 1 aliphatic heterocycles. The summed E-state index contributed by atoms with van der Waals surface area (Å²) < 4.78 is 1.90. The summed E-state index contributed by atoms with van der Waals surface area (Å²) in [5.74, 6) is 0.312. The second-order valence-electron chi connectivity index (χ2n) is 8.21. The van der Waals surface area contributed by atoms with Crippen LogP contribution in [0, 0.1) is 20.8 Å². The fraction of sp³-hybridized carbons (Fsp3) is 0.333. The Morgan fingerprint density at radius 1 is 0.970 bits per heavy atom. The van der Waals surface area contributed by atoms with Crippen molar-refractivity contribution < 1.29 is 9.59 Å².